The lowest BCUT2D eigenvalue weighted by Crippen LogP contribution is -2.43. The first-order valence-electron chi connectivity index (χ1n) is 8.20. The second-order valence-electron chi connectivity index (χ2n) is 6.52. The molecule has 2 aromatic rings. The summed E-state index contributed by atoms with van der Waals surface area (Å²) in [6, 6.07) is 8.66. The molecule has 0 unspecified atom stereocenters. The minimum absolute atomic E-state index is 0.118. The zero-order valence-electron chi connectivity index (χ0n) is 13.8. The van der Waals surface area contributed by atoms with Gasteiger partial charge in [0.1, 0.15) is 0 Å². The topological polar surface area (TPSA) is 43.3 Å². The number of hydrogen-bond donors (Lipinski definition) is 1. The number of piperidine rings is 1. The minimum atomic E-state index is -0.203. The number of ether oxygens (including phenoxy) is 1. The van der Waals surface area contributed by atoms with Crippen molar-refractivity contribution in [3.63, 3.8) is 0 Å². The van der Waals surface area contributed by atoms with Gasteiger partial charge in [0, 0.05) is 42.1 Å². The van der Waals surface area contributed by atoms with Gasteiger partial charge in [0.2, 0.25) is 0 Å². The zero-order chi connectivity index (χ0) is 16.1. The molecule has 1 aromatic carbocycles. The third-order valence-electron chi connectivity index (χ3n) is 5.58. The molecule has 23 heavy (non-hydrogen) atoms. The summed E-state index contributed by atoms with van der Waals surface area (Å²) < 4.78 is 7.44. The van der Waals surface area contributed by atoms with Crippen LogP contribution in [0, 0.1) is 5.92 Å². The molecule has 1 aliphatic heterocycles. The molecule has 1 aromatic heterocycles. The van der Waals surface area contributed by atoms with Crippen LogP contribution in [0.5, 0.6) is 0 Å². The van der Waals surface area contributed by atoms with E-state index in [9.17, 15) is 4.79 Å². The summed E-state index contributed by atoms with van der Waals surface area (Å²) in [6.07, 6.45) is 3.11. The maximum absolute atomic E-state index is 12.7. The number of benzene rings is 1. The quantitative estimate of drug-likeness (QED) is 0.650. The van der Waals surface area contributed by atoms with E-state index in [4.69, 9.17) is 4.74 Å². The second kappa shape index (κ2) is 5.24. The number of aromatic nitrogens is 1. The maximum Gasteiger partial charge on any atom is 0.313 e. The maximum atomic E-state index is 12.7. The fourth-order valence-corrected chi connectivity index (χ4v) is 4.54. The molecule has 3 atom stereocenters. The first-order valence-corrected chi connectivity index (χ1v) is 8.20. The van der Waals surface area contributed by atoms with Gasteiger partial charge in [0.25, 0.3) is 0 Å². The van der Waals surface area contributed by atoms with E-state index in [-0.39, 0.29) is 17.8 Å². The Morgan fingerprint density at radius 3 is 2.91 bits per heavy atom. The second-order valence-corrected chi connectivity index (χ2v) is 6.52. The van der Waals surface area contributed by atoms with Crippen molar-refractivity contribution in [3.8, 4) is 0 Å². The summed E-state index contributed by atoms with van der Waals surface area (Å²) in [5.74, 6) is -0.0880. The molecular formula is C19H22N2O2. The molecule has 4 heteroatoms. The van der Waals surface area contributed by atoms with Crippen molar-refractivity contribution in [2.75, 3.05) is 13.7 Å². The van der Waals surface area contributed by atoms with Crippen LogP contribution in [-0.2, 0) is 16.6 Å². The van der Waals surface area contributed by atoms with Crippen molar-refractivity contribution in [1.82, 2.24) is 9.88 Å². The van der Waals surface area contributed by atoms with Crippen molar-refractivity contribution in [1.29, 1.82) is 0 Å². The van der Waals surface area contributed by atoms with Gasteiger partial charge in [-0.05, 0) is 25.0 Å². The lowest BCUT2D eigenvalue weighted by Gasteiger charge is -2.42. The van der Waals surface area contributed by atoms with Crippen LogP contribution in [0.3, 0.4) is 0 Å². The molecule has 0 spiro atoms. The molecule has 2 bridgehead atoms. The van der Waals surface area contributed by atoms with Gasteiger partial charge >= 0.3 is 5.97 Å². The number of aryl methyl sites for hydroxylation is 1. The van der Waals surface area contributed by atoms with Crippen molar-refractivity contribution >= 4 is 16.9 Å². The normalized spacial score (nSPS) is 28.0. The van der Waals surface area contributed by atoms with E-state index in [1.165, 1.54) is 29.3 Å². The van der Waals surface area contributed by atoms with Crippen LogP contribution in [0.4, 0.5) is 0 Å². The molecule has 0 amide bonds. The van der Waals surface area contributed by atoms with Crippen LogP contribution < -0.4 is 5.32 Å². The summed E-state index contributed by atoms with van der Waals surface area (Å²) in [6.45, 7) is 2.91. The van der Waals surface area contributed by atoms with Gasteiger partial charge in [0.05, 0.1) is 13.0 Å². The lowest BCUT2D eigenvalue weighted by atomic mass is 9.69. The number of carbonyl (C=O) groups is 1. The predicted octanol–water partition coefficient (Wildman–Crippen LogP) is 3.05. The number of allylic oxidation sites excluding steroid dienone is 1. The van der Waals surface area contributed by atoms with Crippen LogP contribution >= 0.6 is 0 Å². The average molecular weight is 310 g/mol. The summed E-state index contributed by atoms with van der Waals surface area (Å²) >= 11 is 0. The summed E-state index contributed by atoms with van der Waals surface area (Å²) in [5.41, 5.74) is 4.90. The van der Waals surface area contributed by atoms with E-state index in [0.717, 1.165) is 18.5 Å². The first kappa shape index (κ1) is 14.5. The Morgan fingerprint density at radius 1 is 1.39 bits per heavy atom. The number of fused-ring (bicyclic) bond motifs is 6. The summed E-state index contributed by atoms with van der Waals surface area (Å²) in [4.78, 5) is 12.7. The highest BCUT2D eigenvalue weighted by molar-refractivity contribution is 5.93. The highest BCUT2D eigenvalue weighted by Crippen LogP contribution is 2.50. The standard InChI is InChI=1S/C19H22N2O2/c1-4-11-10-20-14-9-13(11)17(19(22)23-3)16-12-7-5-6-8-15(12)21(2)18(14)16/h4-8,13-14,17,20H,9-10H2,1-3H3/b11-4-/t13-,14-,17+/m1/s1. The molecule has 4 rings (SSSR count). The molecule has 120 valence electrons. The Morgan fingerprint density at radius 2 is 2.17 bits per heavy atom. The van der Waals surface area contributed by atoms with E-state index >= 15 is 0 Å². The molecule has 4 nitrogen and oxygen atoms in total. The Labute approximate surface area is 136 Å². The molecule has 1 fully saturated rings. The number of carbonyl (C=O) groups excluding carboxylic acids is 1. The molecular weight excluding hydrogens is 288 g/mol. The first-order chi connectivity index (χ1) is 11.2. The molecule has 1 N–H and O–H groups in total. The van der Waals surface area contributed by atoms with Crippen LogP contribution in [0.2, 0.25) is 0 Å². The SMILES string of the molecule is C/C=C1/CN[C@@H]2C[C@H]1[C@H](C(=O)OC)c1c2n(C)c2ccccc12. The number of methoxy groups -OCH3 is 1. The Balaban J connectivity index is 2.03. The van der Waals surface area contributed by atoms with Gasteiger partial charge in [-0.3, -0.25) is 4.79 Å². The van der Waals surface area contributed by atoms with Gasteiger partial charge in [0.15, 0.2) is 0 Å². The predicted molar refractivity (Wildman–Crippen MR) is 90.3 cm³/mol. The highest BCUT2D eigenvalue weighted by atomic mass is 16.5. The fraction of sp³-hybridized carbons (Fsp3) is 0.421. The molecule has 2 heterocycles. The number of nitrogens with one attached hydrogen (secondary N) is 1. The van der Waals surface area contributed by atoms with Crippen LogP contribution in [0.25, 0.3) is 10.9 Å². The van der Waals surface area contributed by atoms with E-state index in [1.807, 2.05) is 6.07 Å². The van der Waals surface area contributed by atoms with Crippen molar-refractivity contribution in [2.24, 2.45) is 13.0 Å². The van der Waals surface area contributed by atoms with Gasteiger partial charge in [-0.15, -0.1) is 0 Å². The molecule has 1 saturated heterocycles. The number of hydrogen-bond acceptors (Lipinski definition) is 3. The average Bonchev–Trinajstić information content (AvgIpc) is 2.89. The Hall–Kier alpha value is -2.07. The summed E-state index contributed by atoms with van der Waals surface area (Å²) in [7, 11) is 3.60. The number of esters is 1. The largest absolute Gasteiger partial charge is 0.469 e. The minimum Gasteiger partial charge on any atom is -0.469 e. The van der Waals surface area contributed by atoms with E-state index in [2.05, 4.69) is 48.1 Å². The van der Waals surface area contributed by atoms with Crippen molar-refractivity contribution in [3.05, 3.63) is 47.2 Å². The van der Waals surface area contributed by atoms with Gasteiger partial charge in [-0.1, -0.05) is 29.8 Å². The number of nitrogens with zero attached hydrogens (tertiary/aromatic N) is 1. The van der Waals surface area contributed by atoms with Crippen LogP contribution in [0.15, 0.2) is 35.9 Å². The molecule has 0 saturated carbocycles. The third kappa shape index (κ3) is 1.91. The van der Waals surface area contributed by atoms with Crippen molar-refractivity contribution < 1.29 is 9.53 Å². The number of para-hydroxylation sites is 1. The smallest absolute Gasteiger partial charge is 0.313 e. The lowest BCUT2D eigenvalue weighted by molar-refractivity contribution is -0.144. The summed E-state index contributed by atoms with van der Waals surface area (Å²) in [5, 5.41) is 4.82. The Bertz CT molecular complexity index is 818. The van der Waals surface area contributed by atoms with Gasteiger partial charge < -0.3 is 14.6 Å². The number of rotatable bonds is 1. The van der Waals surface area contributed by atoms with E-state index < -0.39 is 0 Å². The van der Waals surface area contributed by atoms with Crippen molar-refractivity contribution in [2.45, 2.75) is 25.3 Å². The Kier molecular flexibility index (Phi) is 3.31. The highest BCUT2D eigenvalue weighted by Gasteiger charge is 2.46. The fourth-order valence-electron chi connectivity index (χ4n) is 4.54. The monoisotopic (exact) mass is 310 g/mol. The van der Waals surface area contributed by atoms with E-state index in [1.54, 1.807) is 0 Å². The zero-order valence-corrected chi connectivity index (χ0v) is 13.8. The molecule has 2 aliphatic rings. The van der Waals surface area contributed by atoms with Crippen LogP contribution in [-0.4, -0.2) is 24.2 Å². The van der Waals surface area contributed by atoms with Gasteiger partial charge in [-0.25, -0.2) is 0 Å². The van der Waals surface area contributed by atoms with Crippen LogP contribution in [0.1, 0.15) is 36.6 Å². The molecule has 1 aliphatic carbocycles. The third-order valence-corrected chi connectivity index (χ3v) is 5.58. The molecule has 0 radical (unpaired) electrons. The van der Waals surface area contributed by atoms with Gasteiger partial charge in [-0.2, -0.15) is 0 Å². The van der Waals surface area contributed by atoms with E-state index in [0.29, 0.717) is 6.04 Å².